The van der Waals surface area contributed by atoms with Crippen molar-refractivity contribution in [3.8, 4) is 17.2 Å². The van der Waals surface area contributed by atoms with Crippen LogP contribution in [-0.2, 0) is 0 Å². The Morgan fingerprint density at radius 2 is 1.74 bits per heavy atom. The van der Waals surface area contributed by atoms with Crippen molar-refractivity contribution in [3.63, 3.8) is 0 Å². The molecule has 6 nitrogen and oxygen atoms in total. The smallest absolute Gasteiger partial charge is 0.322 e. The molecule has 0 radical (unpaired) electrons. The molecule has 0 aliphatic carbocycles. The lowest BCUT2D eigenvalue weighted by Crippen LogP contribution is -2.34. The van der Waals surface area contributed by atoms with Gasteiger partial charge in [0, 0.05) is 18.7 Å². The summed E-state index contributed by atoms with van der Waals surface area (Å²) in [6.07, 6.45) is 1.95. The molecule has 0 saturated carbocycles. The van der Waals surface area contributed by atoms with E-state index in [0.29, 0.717) is 22.9 Å². The number of carbonyl (C=O) groups is 1. The van der Waals surface area contributed by atoms with E-state index in [1.807, 2.05) is 17.0 Å². The second kappa shape index (κ2) is 8.20. The third-order valence-electron chi connectivity index (χ3n) is 4.98. The van der Waals surface area contributed by atoms with E-state index in [9.17, 15) is 4.79 Å². The average molecular weight is 370 g/mol. The highest BCUT2D eigenvalue weighted by Crippen LogP contribution is 2.40. The zero-order chi connectivity index (χ0) is 19.4. The first-order valence-electron chi connectivity index (χ1n) is 9.02. The number of nitrogens with zero attached hydrogens (tertiary/aromatic N) is 1. The molecule has 1 aliphatic heterocycles. The van der Waals surface area contributed by atoms with Crippen LogP contribution in [0.25, 0.3) is 0 Å². The summed E-state index contributed by atoms with van der Waals surface area (Å²) in [5.74, 6) is 1.50. The fraction of sp³-hybridized carbons (Fsp3) is 0.381. The summed E-state index contributed by atoms with van der Waals surface area (Å²) in [6, 6.07) is 11.7. The number of methoxy groups -OCH3 is 3. The maximum absolute atomic E-state index is 13.0. The van der Waals surface area contributed by atoms with Gasteiger partial charge in [0.2, 0.25) is 5.75 Å². The molecule has 0 spiro atoms. The number of anilines is 1. The Morgan fingerprint density at radius 3 is 2.33 bits per heavy atom. The fourth-order valence-corrected chi connectivity index (χ4v) is 3.64. The largest absolute Gasteiger partial charge is 0.493 e. The van der Waals surface area contributed by atoms with Gasteiger partial charge in [-0.25, -0.2) is 4.79 Å². The zero-order valence-electron chi connectivity index (χ0n) is 16.2. The molecule has 3 rings (SSSR count). The quantitative estimate of drug-likeness (QED) is 0.848. The van der Waals surface area contributed by atoms with Gasteiger partial charge in [0.05, 0.1) is 33.1 Å². The molecule has 1 N–H and O–H groups in total. The molecule has 6 heteroatoms. The van der Waals surface area contributed by atoms with Crippen molar-refractivity contribution in [3.05, 3.63) is 47.5 Å². The van der Waals surface area contributed by atoms with Crippen LogP contribution in [0.5, 0.6) is 17.2 Å². The Kier molecular flexibility index (Phi) is 5.74. The molecular weight excluding hydrogens is 344 g/mol. The number of hydrogen-bond acceptors (Lipinski definition) is 4. The number of urea groups is 1. The molecule has 1 atom stereocenters. The second-order valence-electron chi connectivity index (χ2n) is 6.55. The summed E-state index contributed by atoms with van der Waals surface area (Å²) in [6.45, 7) is 2.82. The number of amides is 2. The number of nitrogens with one attached hydrogen (secondary N) is 1. The van der Waals surface area contributed by atoms with E-state index >= 15 is 0 Å². The highest BCUT2D eigenvalue weighted by molar-refractivity contribution is 5.90. The summed E-state index contributed by atoms with van der Waals surface area (Å²) in [4.78, 5) is 14.9. The molecule has 1 saturated heterocycles. The number of hydrogen-bond donors (Lipinski definition) is 1. The summed E-state index contributed by atoms with van der Waals surface area (Å²) < 4.78 is 16.1. The Bertz CT molecular complexity index is 797. The highest BCUT2D eigenvalue weighted by Gasteiger charge is 2.31. The first kappa shape index (κ1) is 18.9. The van der Waals surface area contributed by atoms with E-state index in [4.69, 9.17) is 14.2 Å². The van der Waals surface area contributed by atoms with Crippen LogP contribution in [0.1, 0.15) is 30.0 Å². The van der Waals surface area contributed by atoms with Gasteiger partial charge in [-0.05, 0) is 30.9 Å². The number of aryl methyl sites for hydroxylation is 1. The minimum absolute atomic E-state index is 0.0910. The highest BCUT2D eigenvalue weighted by atomic mass is 16.5. The molecule has 1 fully saturated rings. The van der Waals surface area contributed by atoms with Crippen molar-refractivity contribution in [2.75, 3.05) is 33.2 Å². The molecular formula is C21H26N2O4. The van der Waals surface area contributed by atoms with Gasteiger partial charge in [0.1, 0.15) is 0 Å². The predicted octanol–water partition coefficient (Wildman–Crippen LogP) is 4.39. The molecule has 0 bridgehead atoms. The first-order valence-corrected chi connectivity index (χ1v) is 9.02. The van der Waals surface area contributed by atoms with Gasteiger partial charge in [0.25, 0.3) is 0 Å². The summed E-state index contributed by atoms with van der Waals surface area (Å²) in [7, 11) is 4.66. The topological polar surface area (TPSA) is 60.0 Å². The van der Waals surface area contributed by atoms with Crippen LogP contribution < -0.4 is 19.5 Å². The lowest BCUT2D eigenvalue weighted by Gasteiger charge is -2.26. The van der Waals surface area contributed by atoms with E-state index in [1.165, 1.54) is 11.1 Å². The Morgan fingerprint density at radius 1 is 1.07 bits per heavy atom. The molecule has 1 heterocycles. The average Bonchev–Trinajstić information content (AvgIpc) is 3.17. The molecule has 144 valence electrons. The van der Waals surface area contributed by atoms with Crippen LogP contribution in [0.3, 0.4) is 0 Å². The van der Waals surface area contributed by atoms with Gasteiger partial charge in [-0.2, -0.15) is 0 Å². The molecule has 2 aromatic rings. The first-order chi connectivity index (χ1) is 13.1. The van der Waals surface area contributed by atoms with Crippen LogP contribution in [0, 0.1) is 6.92 Å². The molecule has 0 aromatic heterocycles. The van der Waals surface area contributed by atoms with Gasteiger partial charge >= 0.3 is 6.03 Å². The van der Waals surface area contributed by atoms with E-state index in [0.717, 1.165) is 19.4 Å². The Labute approximate surface area is 160 Å². The van der Waals surface area contributed by atoms with Gasteiger partial charge in [-0.15, -0.1) is 0 Å². The van der Waals surface area contributed by atoms with E-state index in [-0.39, 0.29) is 12.1 Å². The van der Waals surface area contributed by atoms with E-state index in [2.05, 4.69) is 24.4 Å². The Hall–Kier alpha value is -2.89. The zero-order valence-corrected chi connectivity index (χ0v) is 16.2. The lowest BCUT2D eigenvalue weighted by atomic mass is 9.99. The summed E-state index contributed by atoms with van der Waals surface area (Å²) >= 11 is 0. The minimum atomic E-state index is -0.130. The van der Waals surface area contributed by atoms with Crippen LogP contribution in [0.4, 0.5) is 10.5 Å². The predicted molar refractivity (Wildman–Crippen MR) is 105 cm³/mol. The normalized spacial score (nSPS) is 16.1. The van der Waals surface area contributed by atoms with Crippen molar-refractivity contribution < 1.29 is 19.0 Å². The van der Waals surface area contributed by atoms with Crippen molar-refractivity contribution in [2.45, 2.75) is 25.8 Å². The summed E-state index contributed by atoms with van der Waals surface area (Å²) in [5, 5.41) is 2.98. The van der Waals surface area contributed by atoms with Gasteiger partial charge in [-0.1, -0.05) is 24.3 Å². The number of likely N-dealkylation sites (tertiary alicyclic amines) is 1. The van der Waals surface area contributed by atoms with E-state index < -0.39 is 0 Å². The van der Waals surface area contributed by atoms with Crippen molar-refractivity contribution in [1.82, 2.24) is 4.90 Å². The van der Waals surface area contributed by atoms with Gasteiger partial charge < -0.3 is 24.4 Å². The van der Waals surface area contributed by atoms with Crippen LogP contribution in [0.2, 0.25) is 0 Å². The van der Waals surface area contributed by atoms with Crippen LogP contribution >= 0.6 is 0 Å². The number of carbonyl (C=O) groups excluding carboxylic acids is 1. The number of rotatable bonds is 5. The molecule has 1 aliphatic rings. The van der Waals surface area contributed by atoms with Crippen molar-refractivity contribution >= 4 is 11.7 Å². The van der Waals surface area contributed by atoms with Crippen LogP contribution in [0.15, 0.2) is 36.4 Å². The monoisotopic (exact) mass is 370 g/mol. The maximum Gasteiger partial charge on any atom is 0.322 e. The minimum Gasteiger partial charge on any atom is -0.493 e. The van der Waals surface area contributed by atoms with E-state index in [1.54, 1.807) is 33.5 Å². The number of ether oxygens (including phenoxy) is 3. The lowest BCUT2D eigenvalue weighted by molar-refractivity contribution is 0.207. The maximum atomic E-state index is 13.0. The third kappa shape index (κ3) is 3.79. The second-order valence-corrected chi connectivity index (χ2v) is 6.55. The van der Waals surface area contributed by atoms with Crippen LogP contribution in [-0.4, -0.2) is 38.8 Å². The fourth-order valence-electron chi connectivity index (χ4n) is 3.64. The SMILES string of the molecule is COc1cc(NC(=O)N2CCC[C@@H]2c2ccccc2C)cc(OC)c1OC. The molecule has 2 amide bonds. The standard InChI is InChI=1S/C21H26N2O4/c1-14-8-5-6-9-16(14)17-10-7-11-23(17)21(24)22-15-12-18(25-2)20(27-4)19(13-15)26-3/h5-6,8-9,12-13,17H,7,10-11H2,1-4H3,(H,22,24)/t17-/m1/s1. The molecule has 27 heavy (non-hydrogen) atoms. The summed E-state index contributed by atoms with van der Waals surface area (Å²) in [5.41, 5.74) is 3.01. The molecule has 2 aromatic carbocycles. The molecule has 0 unspecified atom stereocenters. The number of benzene rings is 2. The van der Waals surface area contributed by atoms with Gasteiger partial charge in [0.15, 0.2) is 11.5 Å². The van der Waals surface area contributed by atoms with Gasteiger partial charge in [-0.3, -0.25) is 0 Å². The third-order valence-corrected chi connectivity index (χ3v) is 4.98. The van der Waals surface area contributed by atoms with Crippen molar-refractivity contribution in [1.29, 1.82) is 0 Å². The Balaban J connectivity index is 1.83. The van der Waals surface area contributed by atoms with Crippen molar-refractivity contribution in [2.24, 2.45) is 0 Å².